The van der Waals surface area contributed by atoms with Crippen molar-refractivity contribution in [3.05, 3.63) is 36.1 Å². The Morgan fingerprint density at radius 2 is 1.57 bits per heavy atom. The molecule has 0 N–H and O–H groups in total. The molecule has 0 unspecified atom stereocenters. The second kappa shape index (κ2) is 7.54. The topological polar surface area (TPSA) is 32.8 Å². The largest absolute Gasteiger partial charge is 0.479 e. The van der Waals surface area contributed by atoms with Crippen LogP contribution >= 0.6 is 11.6 Å². The molecule has 1 saturated heterocycles. The van der Waals surface area contributed by atoms with Gasteiger partial charge in [0.2, 0.25) is 0 Å². The van der Waals surface area contributed by atoms with E-state index in [4.69, 9.17) is 16.3 Å². The number of rotatable bonds is 5. The molecule has 130 valence electrons. The minimum absolute atomic E-state index is 0.0229. The lowest BCUT2D eigenvalue weighted by Crippen LogP contribution is -2.58. The van der Waals surface area contributed by atoms with Gasteiger partial charge in [-0.2, -0.15) is 0 Å². The molecule has 0 aromatic rings. The zero-order chi connectivity index (χ0) is 17.8. The molecule has 0 aromatic heterocycles. The number of carbonyl (C=O) groups is 1. The number of carbonyl (C=O) groups excluding carboxylic acids is 1. The molecule has 23 heavy (non-hydrogen) atoms. The van der Waals surface area contributed by atoms with Crippen LogP contribution in [0.4, 0.5) is 0 Å². The van der Waals surface area contributed by atoms with E-state index in [1.807, 2.05) is 4.90 Å². The van der Waals surface area contributed by atoms with Gasteiger partial charge in [0.1, 0.15) is 5.76 Å². The predicted molar refractivity (Wildman–Crippen MR) is 96.3 cm³/mol. The van der Waals surface area contributed by atoms with E-state index in [9.17, 15) is 4.79 Å². The van der Waals surface area contributed by atoms with E-state index in [-0.39, 0.29) is 11.4 Å². The smallest absolute Gasteiger partial charge is 0.266 e. The summed E-state index contributed by atoms with van der Waals surface area (Å²) in [6.07, 6.45) is 3.20. The van der Waals surface area contributed by atoms with E-state index in [1.54, 1.807) is 26.0 Å². The SMILES string of the molecule is C=C(Cl)/C=C\C(=C)OC(C)(C)C(=O)N1CCN(C(C)(C)C)CC1. The first-order valence-corrected chi connectivity index (χ1v) is 8.26. The summed E-state index contributed by atoms with van der Waals surface area (Å²) in [4.78, 5) is 17.0. The third kappa shape index (κ3) is 6.04. The zero-order valence-electron chi connectivity index (χ0n) is 15.0. The van der Waals surface area contributed by atoms with E-state index in [2.05, 4.69) is 38.8 Å². The number of halogens is 1. The second-order valence-electron chi connectivity index (χ2n) is 7.31. The molecule has 5 heteroatoms. The molecular weight excluding hydrogens is 312 g/mol. The van der Waals surface area contributed by atoms with Gasteiger partial charge in [-0.3, -0.25) is 9.69 Å². The van der Waals surface area contributed by atoms with Gasteiger partial charge in [-0.1, -0.05) is 24.8 Å². The van der Waals surface area contributed by atoms with E-state index in [0.29, 0.717) is 23.9 Å². The molecular formula is C18H29ClN2O2. The Morgan fingerprint density at radius 1 is 1.04 bits per heavy atom. The third-order valence-corrected chi connectivity index (χ3v) is 3.99. The van der Waals surface area contributed by atoms with Crippen molar-refractivity contribution in [2.45, 2.75) is 45.8 Å². The second-order valence-corrected chi connectivity index (χ2v) is 7.79. The summed E-state index contributed by atoms with van der Waals surface area (Å²) in [5.41, 5.74) is -0.830. The van der Waals surface area contributed by atoms with Crippen LogP contribution in [0.1, 0.15) is 34.6 Å². The number of nitrogens with zero attached hydrogens (tertiary/aromatic N) is 2. The molecule has 1 heterocycles. The molecule has 1 rings (SSSR count). The molecule has 1 aliphatic rings. The van der Waals surface area contributed by atoms with E-state index >= 15 is 0 Å². The normalized spacial score (nSPS) is 17.4. The summed E-state index contributed by atoms with van der Waals surface area (Å²) in [6.45, 7) is 20.6. The summed E-state index contributed by atoms with van der Waals surface area (Å²) in [5.74, 6) is 0.365. The van der Waals surface area contributed by atoms with Crippen molar-refractivity contribution in [1.29, 1.82) is 0 Å². The molecule has 0 spiro atoms. The van der Waals surface area contributed by atoms with Crippen molar-refractivity contribution in [2.24, 2.45) is 0 Å². The average molecular weight is 341 g/mol. The lowest BCUT2D eigenvalue weighted by Gasteiger charge is -2.43. The average Bonchev–Trinajstić information content (AvgIpc) is 2.43. The van der Waals surface area contributed by atoms with Crippen molar-refractivity contribution in [2.75, 3.05) is 26.2 Å². The lowest BCUT2D eigenvalue weighted by molar-refractivity contribution is -0.152. The maximum atomic E-state index is 12.7. The van der Waals surface area contributed by atoms with Crippen LogP contribution in [0.2, 0.25) is 0 Å². The number of hydrogen-bond acceptors (Lipinski definition) is 3. The highest BCUT2D eigenvalue weighted by Gasteiger charge is 2.36. The van der Waals surface area contributed by atoms with Gasteiger partial charge in [-0.15, -0.1) is 0 Å². The summed E-state index contributed by atoms with van der Waals surface area (Å²) in [7, 11) is 0. The van der Waals surface area contributed by atoms with Gasteiger partial charge in [-0.05, 0) is 46.8 Å². The van der Waals surface area contributed by atoms with Gasteiger partial charge in [0, 0.05) is 36.8 Å². The molecule has 0 bridgehead atoms. The minimum atomic E-state index is -0.959. The van der Waals surface area contributed by atoms with Crippen molar-refractivity contribution >= 4 is 17.5 Å². The molecule has 0 aromatic carbocycles. The summed E-state index contributed by atoms with van der Waals surface area (Å²) >= 11 is 5.67. The van der Waals surface area contributed by atoms with Gasteiger partial charge in [0.15, 0.2) is 5.60 Å². The number of amides is 1. The molecule has 1 fully saturated rings. The fourth-order valence-corrected chi connectivity index (χ4v) is 2.61. The Morgan fingerprint density at radius 3 is 2.00 bits per heavy atom. The highest BCUT2D eigenvalue weighted by atomic mass is 35.5. The van der Waals surface area contributed by atoms with Crippen LogP contribution in [-0.2, 0) is 9.53 Å². The van der Waals surface area contributed by atoms with Gasteiger partial charge in [-0.25, -0.2) is 0 Å². The van der Waals surface area contributed by atoms with Crippen molar-refractivity contribution in [3.63, 3.8) is 0 Å². The fourth-order valence-electron chi connectivity index (χ4n) is 2.55. The minimum Gasteiger partial charge on any atom is -0.479 e. The molecule has 0 saturated carbocycles. The van der Waals surface area contributed by atoms with Crippen LogP contribution in [0.5, 0.6) is 0 Å². The Kier molecular flexibility index (Phi) is 6.49. The summed E-state index contributed by atoms with van der Waals surface area (Å²) in [5, 5.41) is 0.386. The highest BCUT2D eigenvalue weighted by molar-refractivity contribution is 6.30. The molecule has 0 radical (unpaired) electrons. The van der Waals surface area contributed by atoms with Crippen molar-refractivity contribution < 1.29 is 9.53 Å². The summed E-state index contributed by atoms with van der Waals surface area (Å²) < 4.78 is 5.71. The molecule has 4 nitrogen and oxygen atoms in total. The van der Waals surface area contributed by atoms with E-state index < -0.39 is 5.60 Å². The van der Waals surface area contributed by atoms with Gasteiger partial charge < -0.3 is 9.64 Å². The quantitative estimate of drug-likeness (QED) is 0.567. The van der Waals surface area contributed by atoms with Crippen molar-refractivity contribution in [1.82, 2.24) is 9.80 Å². The maximum absolute atomic E-state index is 12.7. The molecule has 1 amide bonds. The monoisotopic (exact) mass is 340 g/mol. The van der Waals surface area contributed by atoms with Crippen LogP contribution in [0, 0.1) is 0 Å². The number of ether oxygens (including phenoxy) is 1. The Bertz CT molecular complexity index is 496. The van der Waals surface area contributed by atoms with Gasteiger partial charge >= 0.3 is 0 Å². The molecule has 0 aliphatic carbocycles. The first-order valence-electron chi connectivity index (χ1n) is 7.88. The first kappa shape index (κ1) is 19.8. The Hall–Kier alpha value is -1.26. The lowest BCUT2D eigenvalue weighted by atomic mass is 10.0. The van der Waals surface area contributed by atoms with Gasteiger partial charge in [0.25, 0.3) is 5.91 Å². The maximum Gasteiger partial charge on any atom is 0.266 e. The molecule has 1 aliphatic heterocycles. The van der Waals surface area contributed by atoms with Crippen LogP contribution in [0.25, 0.3) is 0 Å². The van der Waals surface area contributed by atoms with Crippen LogP contribution in [0.15, 0.2) is 36.1 Å². The zero-order valence-corrected chi connectivity index (χ0v) is 15.7. The van der Waals surface area contributed by atoms with E-state index in [1.165, 1.54) is 0 Å². The van der Waals surface area contributed by atoms with E-state index in [0.717, 1.165) is 13.1 Å². The standard InChI is InChI=1S/C18H29ClN2O2/c1-14(19)8-9-15(2)23-18(6,7)16(22)20-10-12-21(13-11-20)17(3,4)5/h8-9H,1-2,10-13H2,3-7H3/b9-8-. The Labute approximate surface area is 145 Å². The number of allylic oxidation sites excluding steroid dienone is 3. The molecule has 0 atom stereocenters. The van der Waals surface area contributed by atoms with Crippen LogP contribution in [-0.4, -0.2) is 53.0 Å². The predicted octanol–water partition coefficient (Wildman–Crippen LogP) is 3.55. The third-order valence-electron chi connectivity index (χ3n) is 3.87. The highest BCUT2D eigenvalue weighted by Crippen LogP contribution is 2.21. The van der Waals surface area contributed by atoms with Crippen LogP contribution < -0.4 is 0 Å². The summed E-state index contributed by atoms with van der Waals surface area (Å²) in [6, 6.07) is 0. The fraction of sp³-hybridized carbons (Fsp3) is 0.611. The van der Waals surface area contributed by atoms with Gasteiger partial charge in [0.05, 0.1) is 0 Å². The Balaban J connectivity index is 2.62. The number of hydrogen-bond donors (Lipinski definition) is 0. The number of piperazine rings is 1. The van der Waals surface area contributed by atoms with Crippen molar-refractivity contribution in [3.8, 4) is 0 Å². The van der Waals surface area contributed by atoms with Crippen LogP contribution in [0.3, 0.4) is 0 Å². The first-order chi connectivity index (χ1) is 10.4.